The molecule has 4 unspecified atom stereocenters. The Balaban J connectivity index is 1.46. The molecule has 0 aromatic heterocycles. The van der Waals surface area contributed by atoms with E-state index in [1.54, 1.807) is 13.2 Å². The molecule has 0 radical (unpaired) electrons. The molecule has 2 bridgehead atoms. The van der Waals surface area contributed by atoms with Gasteiger partial charge in [0.15, 0.2) is 11.9 Å². The van der Waals surface area contributed by atoms with Crippen LogP contribution < -0.4 is 0 Å². The zero-order valence-corrected chi connectivity index (χ0v) is 15.9. The fourth-order valence-corrected chi connectivity index (χ4v) is 7.16. The Morgan fingerprint density at radius 3 is 2.89 bits per heavy atom. The molecule has 2 saturated carbocycles. The molecule has 2 saturated heterocycles. The predicted molar refractivity (Wildman–Crippen MR) is 99.2 cm³/mol. The molecule has 4 aliphatic carbocycles. The van der Waals surface area contributed by atoms with Crippen LogP contribution in [0.3, 0.4) is 0 Å². The highest BCUT2D eigenvalue weighted by atomic mass is 16.6. The van der Waals surface area contributed by atoms with Crippen LogP contribution in [0.15, 0.2) is 35.8 Å². The average Bonchev–Trinajstić information content (AvgIpc) is 2.96. The lowest BCUT2D eigenvalue weighted by Gasteiger charge is -2.62. The number of nitrogens with zero attached hydrogens (tertiary/aromatic N) is 1. The second kappa shape index (κ2) is 5.40. The summed E-state index contributed by atoms with van der Waals surface area (Å²) in [5.74, 6) is 1.43. The van der Waals surface area contributed by atoms with Crippen LogP contribution in [0.5, 0.6) is 0 Å². The number of allylic oxidation sites excluding steroid dienone is 3. The Labute approximate surface area is 160 Å². The first-order chi connectivity index (χ1) is 13.0. The molecular formula is C22H29NO4. The zero-order chi connectivity index (χ0) is 18.4. The molecule has 0 amide bonds. The first kappa shape index (κ1) is 16.6. The van der Waals surface area contributed by atoms with Gasteiger partial charge in [0.05, 0.1) is 7.11 Å². The minimum absolute atomic E-state index is 0.193. The van der Waals surface area contributed by atoms with Crippen LogP contribution in [0.25, 0.3) is 0 Å². The number of hydrogen-bond donors (Lipinski definition) is 2. The van der Waals surface area contributed by atoms with Gasteiger partial charge in [-0.2, -0.15) is 0 Å². The Bertz CT molecular complexity index is 751. The van der Waals surface area contributed by atoms with Gasteiger partial charge in [-0.15, -0.1) is 0 Å². The predicted octanol–water partition coefficient (Wildman–Crippen LogP) is 2.18. The van der Waals surface area contributed by atoms with Gasteiger partial charge in [0, 0.05) is 29.8 Å². The van der Waals surface area contributed by atoms with Crippen LogP contribution in [0.2, 0.25) is 0 Å². The van der Waals surface area contributed by atoms with Crippen molar-refractivity contribution in [2.24, 2.45) is 29.1 Å². The van der Waals surface area contributed by atoms with Crippen LogP contribution in [0.1, 0.15) is 32.1 Å². The quantitative estimate of drug-likeness (QED) is 0.588. The van der Waals surface area contributed by atoms with Gasteiger partial charge in [0.1, 0.15) is 5.76 Å². The van der Waals surface area contributed by atoms with Gasteiger partial charge in [-0.25, -0.2) is 0 Å². The lowest BCUT2D eigenvalue weighted by atomic mass is 9.47. The molecule has 2 heterocycles. The number of ether oxygens (including phenoxy) is 2. The Morgan fingerprint density at radius 1 is 1.30 bits per heavy atom. The number of hydrogen-bond acceptors (Lipinski definition) is 5. The topological polar surface area (TPSA) is 62.2 Å². The smallest absolute Gasteiger partial charge is 0.221 e. The summed E-state index contributed by atoms with van der Waals surface area (Å²) in [7, 11) is 1.67. The molecule has 1 spiro atoms. The van der Waals surface area contributed by atoms with Crippen molar-refractivity contribution in [2.45, 2.75) is 50.0 Å². The van der Waals surface area contributed by atoms with Gasteiger partial charge in [0.25, 0.3) is 0 Å². The van der Waals surface area contributed by atoms with Crippen LogP contribution in [0.4, 0.5) is 0 Å². The largest absolute Gasteiger partial charge is 0.493 e. The number of aliphatic hydroxyl groups is 2. The summed E-state index contributed by atoms with van der Waals surface area (Å²) >= 11 is 0. The molecular weight excluding hydrogens is 342 g/mol. The van der Waals surface area contributed by atoms with E-state index < -0.39 is 11.9 Å². The van der Waals surface area contributed by atoms with Crippen molar-refractivity contribution in [1.29, 1.82) is 0 Å². The molecule has 5 heteroatoms. The minimum Gasteiger partial charge on any atom is -0.493 e. The molecule has 146 valence electrons. The van der Waals surface area contributed by atoms with Crippen LogP contribution in [-0.4, -0.2) is 53.2 Å². The van der Waals surface area contributed by atoms with Gasteiger partial charge >= 0.3 is 0 Å². The van der Waals surface area contributed by atoms with Crippen LogP contribution >= 0.6 is 0 Å². The Morgan fingerprint density at radius 2 is 2.15 bits per heavy atom. The molecule has 6 rings (SSSR count). The second-order valence-electron chi connectivity index (χ2n) is 9.56. The number of rotatable bonds is 3. The van der Waals surface area contributed by atoms with Crippen molar-refractivity contribution >= 4 is 0 Å². The Kier molecular flexibility index (Phi) is 3.33. The van der Waals surface area contributed by atoms with E-state index >= 15 is 0 Å². The van der Waals surface area contributed by atoms with Crippen molar-refractivity contribution < 1.29 is 19.7 Å². The van der Waals surface area contributed by atoms with E-state index in [1.807, 2.05) is 6.08 Å². The summed E-state index contributed by atoms with van der Waals surface area (Å²) in [6.07, 6.45) is 13.6. The summed E-state index contributed by atoms with van der Waals surface area (Å²) in [6, 6.07) is 0.465. The molecule has 2 N–H and O–H groups in total. The summed E-state index contributed by atoms with van der Waals surface area (Å²) in [4.78, 5) is 2.71. The summed E-state index contributed by atoms with van der Waals surface area (Å²) in [6.45, 7) is 2.23. The van der Waals surface area contributed by atoms with Crippen molar-refractivity contribution in [1.82, 2.24) is 4.90 Å². The molecule has 4 fully saturated rings. The third kappa shape index (κ3) is 2.00. The maximum Gasteiger partial charge on any atom is 0.221 e. The van der Waals surface area contributed by atoms with E-state index in [4.69, 9.17) is 9.47 Å². The fourth-order valence-electron chi connectivity index (χ4n) is 7.16. The van der Waals surface area contributed by atoms with E-state index in [1.165, 1.54) is 25.8 Å². The van der Waals surface area contributed by atoms with Gasteiger partial charge in [-0.1, -0.05) is 18.6 Å². The fraction of sp³-hybridized carbons (Fsp3) is 0.727. The number of piperidine rings is 1. The molecule has 6 atom stereocenters. The van der Waals surface area contributed by atoms with Crippen LogP contribution in [0, 0.1) is 29.1 Å². The molecule has 5 nitrogen and oxygen atoms in total. The monoisotopic (exact) mass is 371 g/mol. The first-order valence-corrected chi connectivity index (χ1v) is 10.6. The highest BCUT2D eigenvalue weighted by Gasteiger charge is 2.72. The van der Waals surface area contributed by atoms with Gasteiger partial charge in [0.2, 0.25) is 5.79 Å². The maximum atomic E-state index is 10.8. The molecule has 2 aliphatic heterocycles. The highest BCUT2D eigenvalue weighted by Crippen LogP contribution is 2.68. The normalized spacial score (nSPS) is 46.7. The van der Waals surface area contributed by atoms with Crippen molar-refractivity contribution in [3.05, 3.63) is 35.8 Å². The lowest BCUT2D eigenvalue weighted by Crippen LogP contribution is -2.68. The van der Waals surface area contributed by atoms with Gasteiger partial charge in [-0.05, 0) is 56.2 Å². The van der Waals surface area contributed by atoms with Gasteiger partial charge in [-0.3, -0.25) is 4.90 Å². The standard InChI is InChI=1S/C22H29NO4/c1-26-17-6-5-14-11-16-15-7-8-22(24,25)20-21(15,18(14)19(17)27-20)9-10-23(16)12-13-3-2-4-13/h5-8,13-16,18,20,24-25H,2-4,9-12H2,1H3/t14?,15?,16-,18?,20?,21+/m1/s1. The van der Waals surface area contributed by atoms with E-state index in [-0.39, 0.29) is 11.3 Å². The zero-order valence-electron chi connectivity index (χ0n) is 15.9. The van der Waals surface area contributed by atoms with E-state index in [9.17, 15) is 10.2 Å². The third-order valence-electron chi connectivity index (χ3n) is 8.48. The summed E-state index contributed by atoms with van der Waals surface area (Å²) < 4.78 is 11.9. The Hall–Kier alpha value is -1.30. The molecule has 27 heavy (non-hydrogen) atoms. The number of likely N-dealkylation sites (tertiary alicyclic amines) is 1. The highest BCUT2D eigenvalue weighted by molar-refractivity contribution is 5.39. The molecule has 0 aromatic carbocycles. The third-order valence-corrected chi connectivity index (χ3v) is 8.48. The van der Waals surface area contributed by atoms with E-state index in [0.717, 1.165) is 36.8 Å². The SMILES string of the molecule is COC1=C2OC3C(O)(O)C=CC4[C@H]5CC(C=C1)C2[C@]43CCN5CC1CCC1. The van der Waals surface area contributed by atoms with E-state index in [2.05, 4.69) is 17.1 Å². The van der Waals surface area contributed by atoms with Gasteiger partial charge < -0.3 is 19.7 Å². The van der Waals surface area contributed by atoms with Crippen molar-refractivity contribution in [3.8, 4) is 0 Å². The summed E-state index contributed by atoms with van der Waals surface area (Å²) in [5, 5.41) is 21.6. The molecule has 0 aromatic rings. The van der Waals surface area contributed by atoms with E-state index in [0.29, 0.717) is 17.9 Å². The van der Waals surface area contributed by atoms with Crippen LogP contribution in [-0.2, 0) is 9.47 Å². The van der Waals surface area contributed by atoms with Crippen molar-refractivity contribution in [3.63, 3.8) is 0 Å². The summed E-state index contributed by atoms with van der Waals surface area (Å²) in [5.41, 5.74) is -0.244. The average molecular weight is 371 g/mol. The molecule has 6 aliphatic rings. The van der Waals surface area contributed by atoms with Crippen molar-refractivity contribution in [2.75, 3.05) is 20.2 Å². The minimum atomic E-state index is -1.91. The number of methoxy groups -OCH3 is 1. The second-order valence-corrected chi connectivity index (χ2v) is 9.56. The maximum absolute atomic E-state index is 10.8. The lowest BCUT2D eigenvalue weighted by molar-refractivity contribution is -0.244. The first-order valence-electron chi connectivity index (χ1n) is 10.6.